The van der Waals surface area contributed by atoms with Gasteiger partial charge in [-0.3, -0.25) is 0 Å². The van der Waals surface area contributed by atoms with Gasteiger partial charge in [0.25, 0.3) is 0 Å². The number of carbonyl (C=O) groups excluding carboxylic acids is 1. The van der Waals surface area contributed by atoms with Crippen molar-refractivity contribution in [2.45, 2.75) is 6.92 Å². The molecule has 1 N–H and O–H groups in total. The average Bonchev–Trinajstić information content (AvgIpc) is 2.48. The van der Waals surface area contributed by atoms with Crippen molar-refractivity contribution in [3.63, 3.8) is 0 Å². The Morgan fingerprint density at radius 1 is 1.05 bits per heavy atom. The zero-order valence-corrected chi connectivity index (χ0v) is 11.4. The van der Waals surface area contributed by atoms with Crippen molar-refractivity contribution in [2.24, 2.45) is 0 Å². The van der Waals surface area contributed by atoms with Crippen LogP contribution >= 0.6 is 0 Å². The Hall–Kier alpha value is -2.88. The molecule has 0 aliphatic carbocycles. The van der Waals surface area contributed by atoms with Crippen molar-refractivity contribution >= 4 is 18.0 Å². The monoisotopic (exact) mass is 282 g/mol. The molecule has 0 bridgehead atoms. The highest BCUT2D eigenvalue weighted by Crippen LogP contribution is 2.23. The number of benzene rings is 2. The highest BCUT2D eigenvalue weighted by atomic mass is 16.5. The van der Waals surface area contributed by atoms with Crippen LogP contribution in [0, 0.1) is 6.92 Å². The first kappa shape index (κ1) is 14.5. The fourth-order valence-electron chi connectivity index (χ4n) is 1.82. The van der Waals surface area contributed by atoms with Gasteiger partial charge in [-0.25, -0.2) is 9.59 Å². The van der Waals surface area contributed by atoms with Crippen LogP contribution in [0.1, 0.15) is 21.5 Å². The summed E-state index contributed by atoms with van der Waals surface area (Å²) in [6.07, 6.45) is 2.88. The number of aryl methyl sites for hydroxylation is 1. The largest absolute Gasteiger partial charge is 0.478 e. The van der Waals surface area contributed by atoms with Gasteiger partial charge in [0, 0.05) is 6.08 Å². The standard InChI is InChI=1S/C17H14O4/c1-12-6-5-9-14(17(19)20)16(12)21-15(18)11-10-13-7-3-2-4-8-13/h2-11H,1H3,(H,19,20)/b11-10+. The zero-order valence-electron chi connectivity index (χ0n) is 11.4. The molecular weight excluding hydrogens is 268 g/mol. The number of carboxylic acid groups (broad SMARTS) is 1. The van der Waals surface area contributed by atoms with Crippen LogP contribution in [0.2, 0.25) is 0 Å². The van der Waals surface area contributed by atoms with Crippen molar-refractivity contribution in [3.05, 3.63) is 71.3 Å². The molecule has 4 heteroatoms. The minimum Gasteiger partial charge on any atom is -0.478 e. The summed E-state index contributed by atoms with van der Waals surface area (Å²) in [7, 11) is 0. The second-order valence-corrected chi connectivity index (χ2v) is 4.42. The molecule has 0 unspecified atom stereocenters. The van der Waals surface area contributed by atoms with E-state index in [1.807, 2.05) is 30.3 Å². The number of carboxylic acids is 1. The fourth-order valence-corrected chi connectivity index (χ4v) is 1.82. The highest BCUT2D eigenvalue weighted by molar-refractivity contribution is 5.94. The molecule has 2 aromatic carbocycles. The summed E-state index contributed by atoms with van der Waals surface area (Å²) in [5.74, 6) is -1.67. The summed E-state index contributed by atoms with van der Waals surface area (Å²) in [5.41, 5.74) is 1.42. The molecule has 0 saturated carbocycles. The van der Waals surface area contributed by atoms with Crippen LogP contribution in [-0.2, 0) is 4.79 Å². The van der Waals surface area contributed by atoms with E-state index in [2.05, 4.69) is 0 Å². The van der Waals surface area contributed by atoms with Gasteiger partial charge in [-0.2, -0.15) is 0 Å². The maximum atomic E-state index is 11.8. The zero-order chi connectivity index (χ0) is 15.2. The maximum Gasteiger partial charge on any atom is 0.339 e. The third-order valence-corrected chi connectivity index (χ3v) is 2.86. The summed E-state index contributed by atoms with van der Waals surface area (Å²) in [6.45, 7) is 1.69. The smallest absolute Gasteiger partial charge is 0.339 e. The lowest BCUT2D eigenvalue weighted by molar-refractivity contribution is -0.128. The topological polar surface area (TPSA) is 63.6 Å². The minimum absolute atomic E-state index is 0.0311. The van der Waals surface area contributed by atoms with Gasteiger partial charge in [-0.15, -0.1) is 0 Å². The van der Waals surface area contributed by atoms with Crippen molar-refractivity contribution in [2.75, 3.05) is 0 Å². The Kier molecular flexibility index (Phi) is 4.51. The third-order valence-electron chi connectivity index (χ3n) is 2.86. The van der Waals surface area contributed by atoms with Crippen LogP contribution in [-0.4, -0.2) is 17.0 Å². The predicted octanol–water partition coefficient (Wildman–Crippen LogP) is 3.31. The van der Waals surface area contributed by atoms with E-state index in [0.29, 0.717) is 5.56 Å². The van der Waals surface area contributed by atoms with Gasteiger partial charge in [-0.05, 0) is 30.2 Å². The quantitative estimate of drug-likeness (QED) is 0.531. The molecule has 2 rings (SSSR count). The van der Waals surface area contributed by atoms with Crippen molar-refractivity contribution in [3.8, 4) is 5.75 Å². The lowest BCUT2D eigenvalue weighted by Gasteiger charge is -2.08. The Morgan fingerprint density at radius 3 is 2.43 bits per heavy atom. The van der Waals surface area contributed by atoms with Crippen LogP contribution in [0.3, 0.4) is 0 Å². The van der Waals surface area contributed by atoms with Crippen LogP contribution < -0.4 is 4.74 Å². The van der Waals surface area contributed by atoms with Gasteiger partial charge in [0.15, 0.2) is 0 Å². The Labute approximate surface area is 122 Å². The number of esters is 1. The van der Waals surface area contributed by atoms with Gasteiger partial charge < -0.3 is 9.84 Å². The normalized spacial score (nSPS) is 10.5. The molecule has 0 spiro atoms. The molecule has 21 heavy (non-hydrogen) atoms. The lowest BCUT2D eigenvalue weighted by atomic mass is 10.1. The molecule has 0 radical (unpaired) electrons. The van der Waals surface area contributed by atoms with E-state index >= 15 is 0 Å². The van der Waals surface area contributed by atoms with Gasteiger partial charge in [0.05, 0.1) is 0 Å². The van der Waals surface area contributed by atoms with Crippen LogP contribution in [0.25, 0.3) is 6.08 Å². The summed E-state index contributed by atoms with van der Waals surface area (Å²) in [6, 6.07) is 14.0. The predicted molar refractivity (Wildman–Crippen MR) is 79.2 cm³/mol. The second kappa shape index (κ2) is 6.52. The molecule has 0 saturated heterocycles. The van der Waals surface area contributed by atoms with E-state index < -0.39 is 11.9 Å². The number of hydrogen-bond acceptors (Lipinski definition) is 3. The third kappa shape index (κ3) is 3.79. The first-order valence-corrected chi connectivity index (χ1v) is 6.36. The van der Waals surface area contributed by atoms with E-state index in [9.17, 15) is 9.59 Å². The van der Waals surface area contributed by atoms with E-state index in [-0.39, 0.29) is 11.3 Å². The van der Waals surface area contributed by atoms with E-state index in [1.165, 1.54) is 12.1 Å². The van der Waals surface area contributed by atoms with Gasteiger partial charge in [-0.1, -0.05) is 42.5 Å². The molecule has 0 atom stereocenters. The molecule has 0 aliphatic rings. The molecular formula is C17H14O4. The lowest BCUT2D eigenvalue weighted by Crippen LogP contribution is -2.09. The highest BCUT2D eigenvalue weighted by Gasteiger charge is 2.15. The fraction of sp³-hybridized carbons (Fsp3) is 0.0588. The maximum absolute atomic E-state index is 11.8. The number of carbonyl (C=O) groups is 2. The van der Waals surface area contributed by atoms with Crippen molar-refractivity contribution < 1.29 is 19.4 Å². The Bertz CT molecular complexity index is 687. The first-order valence-electron chi connectivity index (χ1n) is 6.36. The number of rotatable bonds is 4. The molecule has 0 aromatic heterocycles. The van der Waals surface area contributed by atoms with Crippen LogP contribution in [0.4, 0.5) is 0 Å². The van der Waals surface area contributed by atoms with E-state index in [4.69, 9.17) is 9.84 Å². The van der Waals surface area contributed by atoms with Gasteiger partial charge in [0.2, 0.25) is 0 Å². The molecule has 0 aliphatic heterocycles. The second-order valence-electron chi connectivity index (χ2n) is 4.42. The summed E-state index contributed by atoms with van der Waals surface area (Å²) < 4.78 is 5.15. The molecule has 0 amide bonds. The first-order chi connectivity index (χ1) is 10.1. The number of para-hydroxylation sites is 1. The summed E-state index contributed by atoms with van der Waals surface area (Å²) >= 11 is 0. The van der Waals surface area contributed by atoms with Crippen molar-refractivity contribution in [1.82, 2.24) is 0 Å². The Balaban J connectivity index is 2.17. The van der Waals surface area contributed by atoms with Gasteiger partial charge >= 0.3 is 11.9 Å². The van der Waals surface area contributed by atoms with Crippen LogP contribution in [0.5, 0.6) is 5.75 Å². The Morgan fingerprint density at radius 2 is 1.76 bits per heavy atom. The molecule has 4 nitrogen and oxygen atoms in total. The minimum atomic E-state index is -1.13. The SMILES string of the molecule is Cc1cccc(C(=O)O)c1OC(=O)/C=C/c1ccccc1. The average molecular weight is 282 g/mol. The molecule has 2 aromatic rings. The number of hydrogen-bond donors (Lipinski definition) is 1. The van der Waals surface area contributed by atoms with Gasteiger partial charge in [0.1, 0.15) is 11.3 Å². The number of ether oxygens (including phenoxy) is 1. The van der Waals surface area contributed by atoms with Crippen LogP contribution in [0.15, 0.2) is 54.6 Å². The van der Waals surface area contributed by atoms with E-state index in [1.54, 1.807) is 25.1 Å². The molecule has 0 fully saturated rings. The number of aromatic carboxylic acids is 1. The molecule has 0 heterocycles. The van der Waals surface area contributed by atoms with E-state index in [0.717, 1.165) is 5.56 Å². The summed E-state index contributed by atoms with van der Waals surface area (Å²) in [5, 5.41) is 9.10. The summed E-state index contributed by atoms with van der Waals surface area (Å²) in [4.78, 5) is 22.9. The van der Waals surface area contributed by atoms with Crippen molar-refractivity contribution in [1.29, 1.82) is 0 Å². The molecule has 106 valence electrons.